The van der Waals surface area contributed by atoms with Crippen LogP contribution in [0.5, 0.6) is 0 Å². The molecule has 8 heteroatoms. The van der Waals surface area contributed by atoms with Gasteiger partial charge in [0.25, 0.3) is 5.91 Å². The largest absolute Gasteiger partial charge is 0.380 e. The number of rotatable bonds is 5. The summed E-state index contributed by atoms with van der Waals surface area (Å²) in [6, 6.07) is 10.9. The molecule has 6 nitrogen and oxygen atoms in total. The molecule has 0 aliphatic carbocycles. The maximum atomic E-state index is 14.4. The number of hydrogen-bond acceptors (Lipinski definition) is 5. The number of carbonyl (C=O) groups excluding carboxylic acids is 1. The Labute approximate surface area is 183 Å². The summed E-state index contributed by atoms with van der Waals surface area (Å²) in [6.07, 6.45) is 4.05. The molecule has 0 atom stereocenters. The lowest BCUT2D eigenvalue weighted by Gasteiger charge is -2.34. The van der Waals surface area contributed by atoms with Crippen molar-refractivity contribution < 1.29 is 13.9 Å². The third kappa shape index (κ3) is 3.82. The van der Waals surface area contributed by atoms with Gasteiger partial charge in [-0.2, -0.15) is 0 Å². The zero-order valence-corrected chi connectivity index (χ0v) is 18.1. The van der Waals surface area contributed by atoms with E-state index in [1.165, 1.54) is 17.4 Å². The number of carbonyl (C=O) groups is 1. The molecule has 31 heavy (non-hydrogen) atoms. The number of methoxy groups -OCH3 is 1. The number of ether oxygens (including phenoxy) is 1. The van der Waals surface area contributed by atoms with E-state index in [1.807, 2.05) is 39.8 Å². The molecule has 0 spiro atoms. The molecular weight excluding hydrogens is 415 g/mol. The van der Waals surface area contributed by atoms with Crippen molar-refractivity contribution in [3.8, 4) is 0 Å². The van der Waals surface area contributed by atoms with Gasteiger partial charge in [0.15, 0.2) is 0 Å². The predicted molar refractivity (Wildman–Crippen MR) is 119 cm³/mol. The van der Waals surface area contributed by atoms with Crippen molar-refractivity contribution in [1.82, 2.24) is 19.2 Å². The van der Waals surface area contributed by atoms with E-state index in [9.17, 15) is 9.18 Å². The van der Waals surface area contributed by atoms with Crippen LogP contribution in [0.4, 0.5) is 4.39 Å². The van der Waals surface area contributed by atoms with Gasteiger partial charge in [-0.25, -0.2) is 9.37 Å². The van der Waals surface area contributed by atoms with Crippen molar-refractivity contribution >= 4 is 33.0 Å². The molecule has 1 aliphatic rings. The van der Waals surface area contributed by atoms with E-state index in [0.29, 0.717) is 28.9 Å². The number of nitrogens with zero attached hydrogens (tertiary/aromatic N) is 4. The Kier molecular flexibility index (Phi) is 5.43. The lowest BCUT2D eigenvalue weighted by molar-refractivity contribution is 0.0628. The molecule has 0 saturated carbocycles. The van der Waals surface area contributed by atoms with Crippen LogP contribution in [-0.2, 0) is 17.9 Å². The van der Waals surface area contributed by atoms with Gasteiger partial charge < -0.3 is 14.0 Å². The fraction of sp³-hybridized carbons (Fsp3) is 0.304. The Morgan fingerprint density at radius 3 is 2.77 bits per heavy atom. The van der Waals surface area contributed by atoms with Gasteiger partial charge >= 0.3 is 0 Å². The van der Waals surface area contributed by atoms with Crippen LogP contribution in [0.2, 0.25) is 0 Å². The van der Waals surface area contributed by atoms with Crippen molar-refractivity contribution in [2.45, 2.75) is 13.2 Å². The first-order chi connectivity index (χ1) is 15.1. The Morgan fingerprint density at radius 1 is 1.16 bits per heavy atom. The van der Waals surface area contributed by atoms with Gasteiger partial charge in [0.1, 0.15) is 11.5 Å². The van der Waals surface area contributed by atoms with E-state index in [-0.39, 0.29) is 18.3 Å². The molecule has 3 aromatic heterocycles. The molecule has 160 valence electrons. The first-order valence-corrected chi connectivity index (χ1v) is 11.1. The van der Waals surface area contributed by atoms with Gasteiger partial charge in [0.05, 0.1) is 17.2 Å². The van der Waals surface area contributed by atoms with Crippen LogP contribution in [-0.4, -0.2) is 58.4 Å². The molecule has 4 heterocycles. The van der Waals surface area contributed by atoms with Gasteiger partial charge in [0.2, 0.25) is 0 Å². The number of amides is 1. The monoisotopic (exact) mass is 438 g/mol. The summed E-state index contributed by atoms with van der Waals surface area (Å²) < 4.78 is 22.5. The SMILES string of the molecule is COCc1c(C(=O)N2CCN(Cc3cn4ccccc4n3)CC2)sc2cccc(F)c12. The van der Waals surface area contributed by atoms with Crippen LogP contribution in [0.1, 0.15) is 20.9 Å². The summed E-state index contributed by atoms with van der Waals surface area (Å²) in [4.78, 5) is 22.7. The third-order valence-corrected chi connectivity index (χ3v) is 6.89. The molecule has 0 N–H and O–H groups in total. The van der Waals surface area contributed by atoms with Crippen LogP contribution >= 0.6 is 11.3 Å². The number of pyridine rings is 1. The van der Waals surface area contributed by atoms with Crippen molar-refractivity contribution in [2.75, 3.05) is 33.3 Å². The normalized spacial score (nSPS) is 15.2. The minimum Gasteiger partial charge on any atom is -0.380 e. The van der Waals surface area contributed by atoms with Crippen LogP contribution < -0.4 is 0 Å². The number of piperazine rings is 1. The fourth-order valence-electron chi connectivity index (χ4n) is 4.17. The molecule has 1 fully saturated rings. The number of aromatic nitrogens is 2. The van der Waals surface area contributed by atoms with E-state index in [0.717, 1.165) is 35.7 Å². The number of halogens is 1. The fourth-order valence-corrected chi connectivity index (χ4v) is 5.36. The van der Waals surface area contributed by atoms with Crippen molar-refractivity contribution in [3.05, 3.63) is 70.7 Å². The zero-order chi connectivity index (χ0) is 21.4. The third-order valence-electron chi connectivity index (χ3n) is 5.71. The Hall–Kier alpha value is -2.81. The number of thiophene rings is 1. The second kappa shape index (κ2) is 8.37. The molecule has 1 aliphatic heterocycles. The summed E-state index contributed by atoms with van der Waals surface area (Å²) in [6.45, 7) is 3.80. The van der Waals surface area contributed by atoms with Crippen LogP contribution in [0.25, 0.3) is 15.7 Å². The first kappa shape index (κ1) is 20.1. The van der Waals surface area contributed by atoms with E-state index in [1.54, 1.807) is 13.2 Å². The molecule has 4 aromatic rings. The molecule has 0 radical (unpaired) electrons. The van der Waals surface area contributed by atoms with Crippen molar-refractivity contribution in [3.63, 3.8) is 0 Å². The summed E-state index contributed by atoms with van der Waals surface area (Å²) in [5.41, 5.74) is 2.61. The van der Waals surface area contributed by atoms with E-state index in [4.69, 9.17) is 4.74 Å². The van der Waals surface area contributed by atoms with Gasteiger partial charge in [-0.3, -0.25) is 9.69 Å². The van der Waals surface area contributed by atoms with Crippen molar-refractivity contribution in [2.24, 2.45) is 0 Å². The standard InChI is InChI=1S/C23H23FN4O2S/c1-30-15-17-21-18(24)5-4-6-19(21)31-22(17)23(29)27-11-9-26(10-12-27)13-16-14-28-8-3-2-7-20(28)25-16/h2-8,14H,9-13,15H2,1H3. The van der Waals surface area contributed by atoms with Crippen LogP contribution in [0.15, 0.2) is 48.8 Å². The molecule has 0 unspecified atom stereocenters. The average Bonchev–Trinajstić information content (AvgIpc) is 3.36. The molecule has 1 aromatic carbocycles. The molecule has 5 rings (SSSR count). The lowest BCUT2D eigenvalue weighted by Crippen LogP contribution is -2.48. The quantitative estimate of drug-likeness (QED) is 0.476. The maximum absolute atomic E-state index is 14.4. The van der Waals surface area contributed by atoms with Crippen LogP contribution in [0.3, 0.4) is 0 Å². The smallest absolute Gasteiger partial charge is 0.264 e. The van der Waals surface area contributed by atoms with E-state index in [2.05, 4.69) is 16.1 Å². The number of benzene rings is 1. The summed E-state index contributed by atoms with van der Waals surface area (Å²) in [5, 5.41) is 0.503. The topological polar surface area (TPSA) is 50.1 Å². The van der Waals surface area contributed by atoms with E-state index < -0.39 is 0 Å². The summed E-state index contributed by atoms with van der Waals surface area (Å²) in [5.74, 6) is -0.350. The van der Waals surface area contributed by atoms with Gasteiger partial charge in [-0.15, -0.1) is 11.3 Å². The molecule has 0 bridgehead atoms. The Morgan fingerprint density at radius 2 is 2.00 bits per heavy atom. The highest BCUT2D eigenvalue weighted by atomic mass is 32.1. The number of imidazole rings is 1. The summed E-state index contributed by atoms with van der Waals surface area (Å²) in [7, 11) is 1.57. The van der Waals surface area contributed by atoms with Crippen molar-refractivity contribution in [1.29, 1.82) is 0 Å². The highest BCUT2D eigenvalue weighted by Crippen LogP contribution is 2.34. The number of hydrogen-bond donors (Lipinski definition) is 0. The van der Waals surface area contributed by atoms with E-state index >= 15 is 0 Å². The first-order valence-electron chi connectivity index (χ1n) is 10.3. The number of fused-ring (bicyclic) bond motifs is 2. The predicted octanol–water partition coefficient (Wildman–Crippen LogP) is 3.79. The highest BCUT2D eigenvalue weighted by molar-refractivity contribution is 7.21. The Bertz CT molecular complexity index is 1210. The molecule has 1 saturated heterocycles. The second-order valence-electron chi connectivity index (χ2n) is 7.72. The Balaban J connectivity index is 1.30. The van der Waals surface area contributed by atoms with Crippen LogP contribution in [0, 0.1) is 5.82 Å². The van der Waals surface area contributed by atoms with Gasteiger partial charge in [-0.1, -0.05) is 12.1 Å². The minimum atomic E-state index is -0.308. The highest BCUT2D eigenvalue weighted by Gasteiger charge is 2.27. The molecular formula is C23H23FN4O2S. The second-order valence-corrected chi connectivity index (χ2v) is 8.77. The molecule has 1 amide bonds. The summed E-state index contributed by atoms with van der Waals surface area (Å²) >= 11 is 1.35. The average molecular weight is 439 g/mol. The lowest BCUT2D eigenvalue weighted by atomic mass is 10.1. The van der Waals surface area contributed by atoms with Gasteiger partial charge in [0, 0.05) is 67.9 Å². The zero-order valence-electron chi connectivity index (χ0n) is 17.3. The van der Waals surface area contributed by atoms with Gasteiger partial charge in [-0.05, 0) is 24.3 Å². The minimum absolute atomic E-state index is 0.0416. The maximum Gasteiger partial charge on any atom is 0.264 e.